The van der Waals surface area contributed by atoms with E-state index in [0.29, 0.717) is 6.42 Å². The molecule has 2 aromatic heterocycles. The molecule has 0 saturated carbocycles. The van der Waals surface area contributed by atoms with E-state index in [1.54, 1.807) is 0 Å². The smallest absolute Gasteiger partial charge is 0.333 e. The third kappa shape index (κ3) is 5.39. The molecular formula is C83H48B2N4O. The molecule has 0 unspecified atom stereocenters. The highest BCUT2D eigenvalue weighted by atomic mass is 16.5. The van der Waals surface area contributed by atoms with E-state index >= 15 is 0 Å². The number of rotatable bonds is 2. The molecule has 16 aromatic rings. The lowest BCUT2D eigenvalue weighted by molar-refractivity contribution is 0.478. The van der Waals surface area contributed by atoms with Crippen molar-refractivity contribution < 1.29 is 4.74 Å². The molecule has 412 valence electrons. The molecule has 7 aliphatic rings. The number of aryl methyl sites for hydroxylation is 1. The number of nitrogens with zero attached hydrogens (tertiary/aromatic N) is 4. The normalized spacial score (nSPS) is 14.6. The van der Waals surface area contributed by atoms with E-state index in [4.69, 9.17) is 4.74 Å². The lowest BCUT2D eigenvalue weighted by Gasteiger charge is -2.51. The Labute approximate surface area is 518 Å². The summed E-state index contributed by atoms with van der Waals surface area (Å²) in [5.74, 6) is 1.76. The minimum absolute atomic E-state index is 0.110. The van der Waals surface area contributed by atoms with Gasteiger partial charge in [0.05, 0.1) is 38.9 Å². The average molecular weight is 1140 g/mol. The Morgan fingerprint density at radius 3 is 1.72 bits per heavy atom. The van der Waals surface area contributed by atoms with Gasteiger partial charge in [0, 0.05) is 60.8 Å². The van der Waals surface area contributed by atoms with Crippen molar-refractivity contribution in [3.63, 3.8) is 0 Å². The largest absolute Gasteiger partial charge is 0.453 e. The van der Waals surface area contributed by atoms with Gasteiger partial charge < -0.3 is 23.5 Å². The van der Waals surface area contributed by atoms with Gasteiger partial charge >= 0.3 is 13.7 Å². The summed E-state index contributed by atoms with van der Waals surface area (Å²) in [6, 6.07) is 100. The van der Waals surface area contributed by atoms with Crippen molar-refractivity contribution in [2.24, 2.45) is 0 Å². The number of ether oxygens (including phenoxy) is 1. The van der Waals surface area contributed by atoms with Gasteiger partial charge in [-0.25, -0.2) is 0 Å². The van der Waals surface area contributed by atoms with Gasteiger partial charge in [-0.15, -0.1) is 0 Å². The quantitative estimate of drug-likeness (QED) is 0.161. The van der Waals surface area contributed by atoms with Crippen LogP contribution < -0.4 is 36.2 Å². The summed E-state index contributed by atoms with van der Waals surface area (Å²) in [5.41, 5.74) is 33.9. The van der Waals surface area contributed by atoms with Crippen molar-refractivity contribution >= 4 is 123 Å². The first-order chi connectivity index (χ1) is 44.6. The monoisotopic (exact) mass is 1140 g/mol. The fourth-order valence-corrected chi connectivity index (χ4v) is 18.8. The molecule has 7 heteroatoms. The molecular weight excluding hydrogens is 1090 g/mol. The van der Waals surface area contributed by atoms with E-state index in [0.717, 1.165) is 22.9 Å². The Kier molecular flexibility index (Phi) is 8.37. The van der Waals surface area contributed by atoms with Crippen LogP contribution in [0.15, 0.2) is 261 Å². The van der Waals surface area contributed by atoms with Crippen LogP contribution in [0.1, 0.15) is 38.9 Å². The fourth-order valence-electron chi connectivity index (χ4n) is 18.8. The van der Waals surface area contributed by atoms with Gasteiger partial charge in [0.1, 0.15) is 5.75 Å². The maximum Gasteiger partial charge on any atom is 0.333 e. The Balaban J connectivity index is 0.770. The molecule has 5 nitrogen and oxygen atoms in total. The van der Waals surface area contributed by atoms with Crippen LogP contribution in [0.3, 0.4) is 0 Å². The van der Waals surface area contributed by atoms with Gasteiger partial charge in [-0.1, -0.05) is 212 Å². The van der Waals surface area contributed by atoms with Crippen molar-refractivity contribution in [1.82, 2.24) is 9.13 Å². The SMILES string of the molecule is Cc1cc2c3c(c1)-n1c4c(cccc4c4ccc5ccccc5c41)B3N1c3cc(Cc4cc5c6c(c4)-n4c7cc8ccccc8cc7c7cccc(c74)B6N4c6ccccc6C6(c7ccccc7-c7ccccc76)c6cccc-5c64)ccc3Oc3cccc-2c31. The van der Waals surface area contributed by atoms with E-state index in [1.165, 1.54) is 182 Å². The molecule has 0 fully saturated rings. The van der Waals surface area contributed by atoms with E-state index < -0.39 is 5.41 Å². The highest BCUT2D eigenvalue weighted by molar-refractivity contribution is 6.94. The molecule has 90 heavy (non-hydrogen) atoms. The van der Waals surface area contributed by atoms with E-state index in [-0.39, 0.29) is 13.7 Å². The van der Waals surface area contributed by atoms with Crippen LogP contribution in [0.5, 0.6) is 11.5 Å². The number of hydrogen-bond donors (Lipinski definition) is 0. The van der Waals surface area contributed by atoms with Crippen LogP contribution in [0.4, 0.5) is 22.7 Å². The van der Waals surface area contributed by atoms with Gasteiger partial charge in [-0.05, 0) is 161 Å². The van der Waals surface area contributed by atoms with Crippen molar-refractivity contribution in [3.8, 4) is 56.3 Å². The molecule has 0 radical (unpaired) electrons. The summed E-state index contributed by atoms with van der Waals surface area (Å²) in [5, 5.41) is 10.2. The lowest BCUT2D eigenvalue weighted by Crippen LogP contribution is -2.62. The molecule has 1 spiro atoms. The summed E-state index contributed by atoms with van der Waals surface area (Å²) in [6.45, 7) is 2.04. The maximum atomic E-state index is 7.14. The predicted molar refractivity (Wildman–Crippen MR) is 373 cm³/mol. The van der Waals surface area contributed by atoms with Crippen molar-refractivity contribution in [2.75, 3.05) is 9.62 Å². The third-order valence-corrected chi connectivity index (χ3v) is 22.0. The van der Waals surface area contributed by atoms with E-state index in [2.05, 4.69) is 287 Å². The van der Waals surface area contributed by atoms with E-state index in [9.17, 15) is 0 Å². The Hall–Kier alpha value is -11.3. The highest BCUT2D eigenvalue weighted by Crippen LogP contribution is 2.65. The Bertz CT molecular complexity index is 6080. The van der Waals surface area contributed by atoms with Gasteiger partial charge in [0.25, 0.3) is 0 Å². The highest BCUT2D eigenvalue weighted by Gasteiger charge is 2.56. The zero-order valence-electron chi connectivity index (χ0n) is 48.9. The average Bonchev–Trinajstić information content (AvgIpc) is 1.20. The summed E-state index contributed by atoms with van der Waals surface area (Å²) >= 11 is 0. The number of anilines is 4. The van der Waals surface area contributed by atoms with Gasteiger partial charge in [-0.3, -0.25) is 0 Å². The van der Waals surface area contributed by atoms with Crippen LogP contribution in [0.2, 0.25) is 0 Å². The van der Waals surface area contributed by atoms with Crippen LogP contribution in [-0.2, 0) is 11.8 Å². The standard InChI is InChI=1S/C83H48B2N4O/c1-46-38-61-58-25-15-33-75-82(58)89(85-68-31-13-23-55-59-36-35-49-16-4-5-19-52(49)78(59)87(81(55)68)72(39-46)76(61)85)71-42-47(34-37-74(71)90-75)40-48-41-62-57-22-12-29-66-79(57)88(69-32-11-10-28-65(69)83(66)63-26-8-6-20-53(63)54-21-7-9-27-64(54)83)84-67-30-14-24-56-60-44-50-17-2-3-18-51(50)45-70(60)86(80(56)67)73(43-48)77(62)84/h2-39,41-45H,40H2,1H3. The van der Waals surface area contributed by atoms with Crippen LogP contribution >= 0.6 is 0 Å². The zero-order chi connectivity index (χ0) is 58.1. The molecule has 23 rings (SSSR count). The second kappa shape index (κ2) is 16.1. The topological polar surface area (TPSA) is 25.6 Å². The minimum Gasteiger partial charge on any atom is -0.453 e. The Morgan fingerprint density at radius 2 is 0.922 bits per heavy atom. The van der Waals surface area contributed by atoms with Crippen LogP contribution in [-0.4, -0.2) is 22.8 Å². The molecule has 0 atom stereocenters. The van der Waals surface area contributed by atoms with Crippen LogP contribution in [0, 0.1) is 6.92 Å². The fraction of sp³-hybridized carbons (Fsp3) is 0.0361. The summed E-state index contributed by atoms with van der Waals surface area (Å²) in [7, 11) is 0. The Morgan fingerprint density at radius 1 is 0.344 bits per heavy atom. The van der Waals surface area contributed by atoms with E-state index in [1.807, 2.05) is 0 Å². The molecule has 0 N–H and O–H groups in total. The number of benzene rings is 14. The molecule has 6 aliphatic heterocycles. The van der Waals surface area contributed by atoms with Gasteiger partial charge in [-0.2, -0.15) is 0 Å². The van der Waals surface area contributed by atoms with Gasteiger partial charge in [0.15, 0.2) is 5.75 Å². The summed E-state index contributed by atoms with van der Waals surface area (Å²) < 4.78 is 12.4. The second-order valence-corrected chi connectivity index (χ2v) is 26.2. The maximum absolute atomic E-state index is 7.14. The number of fused-ring (bicyclic) bond motifs is 28. The van der Waals surface area contributed by atoms with Crippen molar-refractivity contribution in [3.05, 3.63) is 300 Å². The first-order valence-corrected chi connectivity index (χ1v) is 31.7. The lowest BCUT2D eigenvalue weighted by atomic mass is 9.42. The molecule has 8 heterocycles. The molecule has 0 saturated heterocycles. The molecule has 14 aromatic carbocycles. The number of hydrogen-bond acceptors (Lipinski definition) is 3. The molecule has 1 aliphatic carbocycles. The third-order valence-electron chi connectivity index (χ3n) is 22.0. The van der Waals surface area contributed by atoms with Gasteiger partial charge in [0.2, 0.25) is 0 Å². The minimum atomic E-state index is -0.535. The summed E-state index contributed by atoms with van der Waals surface area (Å²) in [4.78, 5) is 5.42. The molecule has 0 amide bonds. The predicted octanol–water partition coefficient (Wildman–Crippen LogP) is 17.3. The second-order valence-electron chi connectivity index (χ2n) is 26.2. The summed E-state index contributed by atoms with van der Waals surface area (Å²) in [6.07, 6.45) is 0.711. The van der Waals surface area contributed by atoms with Crippen LogP contribution in [0.25, 0.3) is 110 Å². The number of aromatic nitrogens is 2. The van der Waals surface area contributed by atoms with Crippen molar-refractivity contribution in [1.29, 1.82) is 0 Å². The first-order valence-electron chi connectivity index (χ1n) is 31.7. The first kappa shape index (κ1) is 46.9. The molecule has 0 bridgehead atoms. The number of para-hydroxylation sites is 5. The van der Waals surface area contributed by atoms with Crippen molar-refractivity contribution in [2.45, 2.75) is 18.8 Å². The zero-order valence-corrected chi connectivity index (χ0v) is 48.9.